The number of carbonyl (C=O) groups excluding carboxylic acids is 1. The Morgan fingerprint density at radius 2 is 2.24 bits per heavy atom. The number of rotatable bonds is 4. The lowest BCUT2D eigenvalue weighted by atomic mass is 10.2. The lowest BCUT2D eigenvalue weighted by Crippen LogP contribution is -2.23. The third-order valence-corrected chi connectivity index (χ3v) is 3.42. The molecule has 1 aromatic heterocycles. The van der Waals surface area contributed by atoms with Crippen LogP contribution in [0.2, 0.25) is 5.02 Å². The van der Waals surface area contributed by atoms with E-state index in [2.05, 4.69) is 10.4 Å². The van der Waals surface area contributed by atoms with E-state index in [0.717, 1.165) is 11.3 Å². The average Bonchev–Trinajstić information content (AvgIpc) is 3.10. The van der Waals surface area contributed by atoms with Crippen molar-refractivity contribution in [2.75, 3.05) is 6.79 Å². The highest BCUT2D eigenvalue weighted by atomic mass is 35.5. The zero-order chi connectivity index (χ0) is 14.8. The topological polar surface area (TPSA) is 65.4 Å². The van der Waals surface area contributed by atoms with Crippen molar-refractivity contribution in [3.05, 3.63) is 40.7 Å². The van der Waals surface area contributed by atoms with Gasteiger partial charge in [-0.2, -0.15) is 5.10 Å². The number of amides is 1. The maximum Gasteiger partial charge on any atom is 0.273 e. The van der Waals surface area contributed by atoms with E-state index in [0.29, 0.717) is 23.9 Å². The van der Waals surface area contributed by atoms with Crippen molar-refractivity contribution >= 4 is 17.5 Å². The fourth-order valence-corrected chi connectivity index (χ4v) is 2.27. The van der Waals surface area contributed by atoms with Crippen molar-refractivity contribution in [1.29, 1.82) is 0 Å². The number of nitrogens with zero attached hydrogens (tertiary/aromatic N) is 2. The number of ether oxygens (including phenoxy) is 2. The average molecular weight is 308 g/mol. The molecule has 110 valence electrons. The molecule has 0 saturated carbocycles. The van der Waals surface area contributed by atoms with Gasteiger partial charge in [0.25, 0.3) is 5.91 Å². The second kappa shape index (κ2) is 5.65. The van der Waals surface area contributed by atoms with Crippen LogP contribution in [0.15, 0.2) is 24.4 Å². The molecule has 1 N–H and O–H groups in total. The Morgan fingerprint density at radius 1 is 1.43 bits per heavy atom. The third kappa shape index (κ3) is 2.80. The summed E-state index contributed by atoms with van der Waals surface area (Å²) in [5.74, 6) is 1.11. The smallest absolute Gasteiger partial charge is 0.273 e. The van der Waals surface area contributed by atoms with E-state index in [-0.39, 0.29) is 18.4 Å². The highest BCUT2D eigenvalue weighted by molar-refractivity contribution is 6.33. The molecule has 21 heavy (non-hydrogen) atoms. The first kappa shape index (κ1) is 13.8. The van der Waals surface area contributed by atoms with Gasteiger partial charge in [-0.1, -0.05) is 17.7 Å². The van der Waals surface area contributed by atoms with E-state index in [1.54, 1.807) is 10.9 Å². The van der Waals surface area contributed by atoms with Gasteiger partial charge in [0.15, 0.2) is 17.2 Å². The number of halogens is 1. The van der Waals surface area contributed by atoms with Gasteiger partial charge in [-0.05, 0) is 24.6 Å². The molecule has 0 fully saturated rings. The van der Waals surface area contributed by atoms with E-state index in [9.17, 15) is 4.79 Å². The number of hydrogen-bond acceptors (Lipinski definition) is 4. The van der Waals surface area contributed by atoms with Crippen molar-refractivity contribution in [2.45, 2.75) is 20.0 Å². The predicted molar refractivity (Wildman–Crippen MR) is 76.6 cm³/mol. The van der Waals surface area contributed by atoms with Crippen LogP contribution in [0, 0.1) is 0 Å². The Morgan fingerprint density at radius 3 is 3.00 bits per heavy atom. The van der Waals surface area contributed by atoms with Crippen LogP contribution in [0.25, 0.3) is 0 Å². The largest absolute Gasteiger partial charge is 0.454 e. The quantitative estimate of drug-likeness (QED) is 0.940. The number of aryl methyl sites for hydroxylation is 1. The van der Waals surface area contributed by atoms with Gasteiger partial charge in [0.1, 0.15) is 0 Å². The number of aromatic nitrogens is 2. The summed E-state index contributed by atoms with van der Waals surface area (Å²) in [4.78, 5) is 12.1. The zero-order valence-corrected chi connectivity index (χ0v) is 12.2. The van der Waals surface area contributed by atoms with E-state index < -0.39 is 0 Å². The molecule has 1 amide bonds. The van der Waals surface area contributed by atoms with Gasteiger partial charge in [0, 0.05) is 19.3 Å². The van der Waals surface area contributed by atoms with Gasteiger partial charge in [-0.3, -0.25) is 9.48 Å². The van der Waals surface area contributed by atoms with Crippen LogP contribution >= 0.6 is 11.6 Å². The van der Waals surface area contributed by atoms with Gasteiger partial charge in [0.05, 0.1) is 5.02 Å². The van der Waals surface area contributed by atoms with Crippen molar-refractivity contribution in [1.82, 2.24) is 15.1 Å². The van der Waals surface area contributed by atoms with Gasteiger partial charge < -0.3 is 14.8 Å². The highest BCUT2D eigenvalue weighted by Crippen LogP contribution is 2.32. The molecule has 0 atom stereocenters. The van der Waals surface area contributed by atoms with Crippen LogP contribution in [-0.2, 0) is 13.1 Å². The van der Waals surface area contributed by atoms with Crippen molar-refractivity contribution in [3.63, 3.8) is 0 Å². The fraction of sp³-hybridized carbons (Fsp3) is 0.286. The Balaban J connectivity index is 1.67. The Bertz CT molecular complexity index is 684. The number of carbonyl (C=O) groups is 1. The highest BCUT2D eigenvalue weighted by Gasteiger charge is 2.16. The molecule has 0 aliphatic carbocycles. The van der Waals surface area contributed by atoms with Crippen LogP contribution in [0.4, 0.5) is 0 Å². The van der Waals surface area contributed by atoms with Crippen LogP contribution in [-0.4, -0.2) is 22.5 Å². The minimum Gasteiger partial charge on any atom is -0.454 e. The molecular formula is C14H14ClN3O3. The summed E-state index contributed by atoms with van der Waals surface area (Å²) in [5, 5.41) is 7.26. The van der Waals surface area contributed by atoms with E-state index >= 15 is 0 Å². The minimum atomic E-state index is -0.301. The SMILES string of the molecule is CCn1cc(Cl)c(C(=O)NCc2ccc3c(c2)OCO3)n1. The minimum absolute atomic E-state index is 0.231. The van der Waals surface area contributed by atoms with E-state index in [4.69, 9.17) is 21.1 Å². The molecule has 3 rings (SSSR count). The molecule has 0 unspecified atom stereocenters. The molecule has 7 heteroatoms. The van der Waals surface area contributed by atoms with Crippen molar-refractivity contribution in [3.8, 4) is 11.5 Å². The lowest BCUT2D eigenvalue weighted by molar-refractivity contribution is 0.0945. The molecule has 0 radical (unpaired) electrons. The van der Waals surface area contributed by atoms with E-state index in [1.165, 1.54) is 0 Å². The van der Waals surface area contributed by atoms with Crippen molar-refractivity contribution < 1.29 is 14.3 Å². The Hall–Kier alpha value is -2.21. The number of fused-ring (bicyclic) bond motifs is 1. The molecule has 6 nitrogen and oxygen atoms in total. The molecule has 0 saturated heterocycles. The monoisotopic (exact) mass is 307 g/mol. The molecule has 0 bridgehead atoms. The normalized spacial score (nSPS) is 12.5. The van der Waals surface area contributed by atoms with Crippen LogP contribution in [0.1, 0.15) is 23.0 Å². The van der Waals surface area contributed by atoms with Gasteiger partial charge in [0.2, 0.25) is 6.79 Å². The number of hydrogen-bond donors (Lipinski definition) is 1. The number of benzene rings is 1. The molecule has 1 aliphatic heterocycles. The Kier molecular flexibility index (Phi) is 3.70. The van der Waals surface area contributed by atoms with Gasteiger partial charge in [-0.15, -0.1) is 0 Å². The molecular weight excluding hydrogens is 294 g/mol. The summed E-state index contributed by atoms with van der Waals surface area (Å²) in [6.07, 6.45) is 1.64. The summed E-state index contributed by atoms with van der Waals surface area (Å²) < 4.78 is 12.2. The lowest BCUT2D eigenvalue weighted by Gasteiger charge is -2.05. The third-order valence-electron chi connectivity index (χ3n) is 3.15. The molecule has 2 heterocycles. The summed E-state index contributed by atoms with van der Waals surface area (Å²) in [6.45, 7) is 3.19. The number of nitrogens with one attached hydrogen (secondary N) is 1. The second-order valence-electron chi connectivity index (χ2n) is 4.55. The van der Waals surface area contributed by atoms with Gasteiger partial charge in [-0.25, -0.2) is 0 Å². The fourth-order valence-electron chi connectivity index (χ4n) is 2.03. The summed E-state index contributed by atoms with van der Waals surface area (Å²) in [6, 6.07) is 5.54. The van der Waals surface area contributed by atoms with E-state index in [1.807, 2.05) is 25.1 Å². The van der Waals surface area contributed by atoms with Crippen molar-refractivity contribution in [2.24, 2.45) is 0 Å². The maximum atomic E-state index is 12.1. The molecule has 2 aromatic rings. The first-order valence-electron chi connectivity index (χ1n) is 6.57. The maximum absolute atomic E-state index is 12.1. The standard InChI is InChI=1S/C14H14ClN3O3/c1-2-18-7-10(15)13(17-18)14(19)16-6-9-3-4-11-12(5-9)21-8-20-11/h3-5,7H,2,6,8H2,1H3,(H,16,19). The van der Waals surface area contributed by atoms with Crippen LogP contribution < -0.4 is 14.8 Å². The summed E-state index contributed by atoms with van der Waals surface area (Å²) >= 11 is 6.00. The molecule has 1 aromatic carbocycles. The first-order chi connectivity index (χ1) is 10.2. The van der Waals surface area contributed by atoms with Gasteiger partial charge >= 0.3 is 0 Å². The van der Waals surface area contributed by atoms with Crippen LogP contribution in [0.5, 0.6) is 11.5 Å². The molecule has 1 aliphatic rings. The van der Waals surface area contributed by atoms with Crippen LogP contribution in [0.3, 0.4) is 0 Å². The second-order valence-corrected chi connectivity index (χ2v) is 4.96. The molecule has 0 spiro atoms. The summed E-state index contributed by atoms with van der Waals surface area (Å²) in [5.41, 5.74) is 1.15. The zero-order valence-electron chi connectivity index (χ0n) is 11.4. The Labute approximate surface area is 126 Å². The predicted octanol–water partition coefficient (Wildman–Crippen LogP) is 2.22. The summed E-state index contributed by atoms with van der Waals surface area (Å²) in [7, 11) is 0. The first-order valence-corrected chi connectivity index (χ1v) is 6.95.